The Morgan fingerprint density at radius 3 is 2.74 bits per heavy atom. The van der Waals surface area contributed by atoms with Crippen molar-refractivity contribution < 1.29 is 9.53 Å². The molecule has 3 aromatic rings. The van der Waals surface area contributed by atoms with Crippen molar-refractivity contribution in [3.05, 3.63) is 77.6 Å². The van der Waals surface area contributed by atoms with Crippen LogP contribution in [0, 0.1) is 0 Å². The van der Waals surface area contributed by atoms with Gasteiger partial charge >= 0.3 is 0 Å². The number of methoxy groups -OCH3 is 1. The second kappa shape index (κ2) is 7.84. The fourth-order valence-electron chi connectivity index (χ4n) is 3.11. The van der Waals surface area contributed by atoms with E-state index in [9.17, 15) is 4.79 Å². The molecule has 138 valence electrons. The molecule has 0 saturated carbocycles. The average Bonchev–Trinajstić information content (AvgIpc) is 3.30. The van der Waals surface area contributed by atoms with Crippen LogP contribution >= 0.6 is 11.8 Å². The summed E-state index contributed by atoms with van der Waals surface area (Å²) in [5.41, 5.74) is 3.01. The van der Waals surface area contributed by atoms with Crippen LogP contribution in [0.25, 0.3) is 0 Å². The van der Waals surface area contributed by atoms with Crippen LogP contribution in [-0.2, 0) is 17.9 Å². The third-order valence-corrected chi connectivity index (χ3v) is 5.68. The molecule has 2 aromatic carbocycles. The van der Waals surface area contributed by atoms with Crippen molar-refractivity contribution in [1.82, 2.24) is 19.9 Å². The van der Waals surface area contributed by atoms with Gasteiger partial charge in [-0.3, -0.25) is 4.79 Å². The van der Waals surface area contributed by atoms with Crippen LogP contribution in [0.3, 0.4) is 0 Å². The topological polar surface area (TPSA) is 60.2 Å². The Morgan fingerprint density at radius 2 is 1.93 bits per heavy atom. The first-order chi connectivity index (χ1) is 13.2. The Balaban J connectivity index is 1.50. The predicted octanol–water partition coefficient (Wildman–Crippen LogP) is 3.11. The lowest BCUT2D eigenvalue weighted by atomic mass is 10.2. The maximum atomic E-state index is 12.4. The van der Waals surface area contributed by atoms with Gasteiger partial charge in [0.2, 0.25) is 5.91 Å². The predicted molar refractivity (Wildman–Crippen MR) is 104 cm³/mol. The summed E-state index contributed by atoms with van der Waals surface area (Å²) in [6.45, 7) is 1.19. The second-order valence-corrected chi connectivity index (χ2v) is 7.43. The van der Waals surface area contributed by atoms with Gasteiger partial charge in [-0.15, -0.1) is 16.9 Å². The number of carbonyl (C=O) groups excluding carboxylic acids is 1. The van der Waals surface area contributed by atoms with Gasteiger partial charge in [-0.25, -0.2) is 4.68 Å². The zero-order valence-corrected chi connectivity index (χ0v) is 15.8. The first-order valence-electron chi connectivity index (χ1n) is 8.71. The molecule has 1 atom stereocenters. The Hall–Kier alpha value is -2.80. The van der Waals surface area contributed by atoms with E-state index in [1.807, 2.05) is 65.7 Å². The molecule has 1 aromatic heterocycles. The third-order valence-electron chi connectivity index (χ3n) is 4.45. The van der Waals surface area contributed by atoms with Crippen LogP contribution in [0.15, 0.2) is 60.8 Å². The number of aromatic nitrogens is 3. The maximum Gasteiger partial charge on any atom is 0.234 e. The second-order valence-electron chi connectivity index (χ2n) is 6.36. The normalized spacial score (nSPS) is 16.7. The van der Waals surface area contributed by atoms with E-state index in [0.717, 1.165) is 22.6 Å². The monoisotopic (exact) mass is 380 g/mol. The number of amides is 1. The van der Waals surface area contributed by atoms with Crippen LogP contribution in [0.5, 0.6) is 5.75 Å². The molecule has 0 bridgehead atoms. The van der Waals surface area contributed by atoms with Gasteiger partial charge < -0.3 is 9.64 Å². The molecule has 1 saturated heterocycles. The van der Waals surface area contributed by atoms with Crippen LogP contribution in [0.2, 0.25) is 0 Å². The van der Waals surface area contributed by atoms with E-state index in [-0.39, 0.29) is 11.3 Å². The molecule has 1 fully saturated rings. The Labute approximate surface area is 162 Å². The highest BCUT2D eigenvalue weighted by atomic mass is 32.2. The molecule has 6 nitrogen and oxygen atoms in total. The van der Waals surface area contributed by atoms with Gasteiger partial charge in [0.1, 0.15) is 16.8 Å². The highest BCUT2D eigenvalue weighted by Crippen LogP contribution is 2.38. The highest BCUT2D eigenvalue weighted by Gasteiger charge is 2.34. The highest BCUT2D eigenvalue weighted by molar-refractivity contribution is 8.00. The molecule has 1 unspecified atom stereocenters. The first kappa shape index (κ1) is 17.6. The van der Waals surface area contributed by atoms with Gasteiger partial charge in [0.25, 0.3) is 0 Å². The van der Waals surface area contributed by atoms with Crippen LogP contribution in [-0.4, -0.2) is 38.7 Å². The molecule has 0 spiro atoms. The largest absolute Gasteiger partial charge is 0.497 e. The first-order valence-corrected chi connectivity index (χ1v) is 9.76. The minimum absolute atomic E-state index is 0.100. The van der Waals surface area contributed by atoms with Crippen molar-refractivity contribution in [2.24, 2.45) is 0 Å². The van der Waals surface area contributed by atoms with E-state index < -0.39 is 0 Å². The fraction of sp³-hybridized carbons (Fsp3) is 0.250. The van der Waals surface area contributed by atoms with Crippen molar-refractivity contribution in [2.75, 3.05) is 12.9 Å². The average molecular weight is 380 g/mol. The minimum atomic E-state index is -0.100. The van der Waals surface area contributed by atoms with Gasteiger partial charge in [-0.1, -0.05) is 47.7 Å². The summed E-state index contributed by atoms with van der Waals surface area (Å²) in [6.07, 6.45) is 1.92. The fourth-order valence-corrected chi connectivity index (χ4v) is 4.23. The van der Waals surface area contributed by atoms with Gasteiger partial charge in [0.05, 0.1) is 25.6 Å². The SMILES string of the molecule is COc1cccc(Cn2cc(C3SCC(=O)N3Cc3ccccc3)nn2)c1. The van der Waals surface area contributed by atoms with Crippen LogP contribution in [0.1, 0.15) is 22.2 Å². The maximum absolute atomic E-state index is 12.4. The number of nitrogens with zero attached hydrogens (tertiary/aromatic N) is 4. The van der Waals surface area contributed by atoms with Crippen LogP contribution < -0.4 is 4.74 Å². The number of hydrogen-bond donors (Lipinski definition) is 0. The van der Waals surface area contributed by atoms with Gasteiger partial charge in [0.15, 0.2) is 0 Å². The molecule has 4 rings (SSSR count). The lowest BCUT2D eigenvalue weighted by Gasteiger charge is -2.22. The summed E-state index contributed by atoms with van der Waals surface area (Å²) in [6, 6.07) is 17.9. The van der Waals surface area contributed by atoms with E-state index in [2.05, 4.69) is 10.3 Å². The quantitative estimate of drug-likeness (QED) is 0.658. The Morgan fingerprint density at radius 1 is 1.11 bits per heavy atom. The van der Waals surface area contributed by atoms with Crippen molar-refractivity contribution in [2.45, 2.75) is 18.5 Å². The standard InChI is InChI=1S/C20H20N4O2S/c1-26-17-9-5-8-16(10-17)11-23-13-18(21-22-23)20-24(19(25)14-27-20)12-15-6-3-2-4-7-15/h2-10,13,20H,11-12,14H2,1H3. The zero-order chi connectivity index (χ0) is 18.6. The molecule has 1 aliphatic heterocycles. The molecule has 1 aliphatic rings. The van der Waals surface area contributed by atoms with E-state index in [0.29, 0.717) is 18.8 Å². The number of rotatable bonds is 6. The number of ether oxygens (including phenoxy) is 1. The summed E-state index contributed by atoms with van der Waals surface area (Å²) in [5, 5.41) is 8.48. The summed E-state index contributed by atoms with van der Waals surface area (Å²) >= 11 is 1.60. The smallest absolute Gasteiger partial charge is 0.234 e. The number of benzene rings is 2. The molecule has 1 amide bonds. The number of hydrogen-bond acceptors (Lipinski definition) is 5. The van der Waals surface area contributed by atoms with E-state index in [1.165, 1.54) is 0 Å². The third kappa shape index (κ3) is 3.98. The molecular formula is C20H20N4O2S. The molecule has 2 heterocycles. The van der Waals surface area contributed by atoms with E-state index >= 15 is 0 Å². The molecule has 0 N–H and O–H groups in total. The molecule has 0 radical (unpaired) electrons. The summed E-state index contributed by atoms with van der Waals surface area (Å²) < 4.78 is 7.07. The van der Waals surface area contributed by atoms with Crippen molar-refractivity contribution in [3.8, 4) is 5.75 Å². The van der Waals surface area contributed by atoms with E-state index in [4.69, 9.17) is 4.74 Å². The van der Waals surface area contributed by atoms with Crippen molar-refractivity contribution >= 4 is 17.7 Å². The molecular weight excluding hydrogens is 360 g/mol. The molecule has 27 heavy (non-hydrogen) atoms. The van der Waals surface area contributed by atoms with Crippen LogP contribution in [0.4, 0.5) is 0 Å². The number of thioether (sulfide) groups is 1. The zero-order valence-electron chi connectivity index (χ0n) is 15.0. The molecule has 7 heteroatoms. The summed E-state index contributed by atoms with van der Waals surface area (Å²) in [4.78, 5) is 14.2. The Kier molecular flexibility index (Phi) is 5.11. The van der Waals surface area contributed by atoms with Gasteiger partial charge in [-0.2, -0.15) is 0 Å². The number of carbonyl (C=O) groups is 1. The van der Waals surface area contributed by atoms with Gasteiger partial charge in [0, 0.05) is 6.54 Å². The van der Waals surface area contributed by atoms with Crippen molar-refractivity contribution in [1.29, 1.82) is 0 Å². The lowest BCUT2D eigenvalue weighted by molar-refractivity contribution is -0.128. The van der Waals surface area contributed by atoms with Gasteiger partial charge in [-0.05, 0) is 23.3 Å². The summed E-state index contributed by atoms with van der Waals surface area (Å²) in [7, 11) is 1.66. The summed E-state index contributed by atoms with van der Waals surface area (Å²) in [5.74, 6) is 1.43. The minimum Gasteiger partial charge on any atom is -0.497 e. The van der Waals surface area contributed by atoms with E-state index in [1.54, 1.807) is 23.6 Å². The Bertz CT molecular complexity index is 928. The van der Waals surface area contributed by atoms with Crippen molar-refractivity contribution in [3.63, 3.8) is 0 Å². The lowest BCUT2D eigenvalue weighted by Crippen LogP contribution is -2.27. The molecule has 0 aliphatic carbocycles.